The van der Waals surface area contributed by atoms with Crippen LogP contribution in [0.5, 0.6) is 0 Å². The third kappa shape index (κ3) is 4.13. The first-order chi connectivity index (χ1) is 6.93. The van der Waals surface area contributed by atoms with E-state index in [2.05, 4.69) is 31.2 Å². The van der Waals surface area contributed by atoms with E-state index in [1.807, 2.05) is 26.8 Å². The van der Waals surface area contributed by atoms with Crippen LogP contribution in [0.2, 0.25) is 0 Å². The van der Waals surface area contributed by atoms with Crippen molar-refractivity contribution in [2.24, 2.45) is 0 Å². The fraction of sp³-hybridized carbons (Fsp3) is 0.600. The Labute approximate surface area is 98.6 Å². The van der Waals surface area contributed by atoms with Crippen LogP contribution in [0.25, 0.3) is 0 Å². The van der Waals surface area contributed by atoms with Crippen molar-refractivity contribution in [3.8, 4) is 0 Å². The van der Waals surface area contributed by atoms with E-state index in [1.165, 1.54) is 0 Å². The minimum absolute atomic E-state index is 0.203. The maximum atomic E-state index is 5.30. The number of halogens is 1. The first-order valence-electron chi connectivity index (χ1n) is 4.73. The largest absolute Gasteiger partial charge is 0.377 e. The lowest BCUT2D eigenvalue weighted by molar-refractivity contribution is 0.0343. The molecular weight excluding hydrogens is 258 g/mol. The van der Waals surface area contributed by atoms with Gasteiger partial charge in [0.1, 0.15) is 16.2 Å². The number of anilines is 1. The molecule has 0 atom stereocenters. The van der Waals surface area contributed by atoms with Gasteiger partial charge in [-0.05, 0) is 36.7 Å². The quantitative estimate of drug-likeness (QED) is 0.856. The lowest BCUT2D eigenvalue weighted by Crippen LogP contribution is -2.32. The Kier molecular flexibility index (Phi) is 4.04. The molecule has 0 aliphatic heterocycles. The molecule has 1 N–H and O–H groups in total. The third-order valence-corrected chi connectivity index (χ3v) is 2.46. The Hall–Kier alpha value is -0.680. The molecule has 1 rings (SSSR count). The Bertz CT molecular complexity index is 321. The van der Waals surface area contributed by atoms with E-state index >= 15 is 0 Å². The van der Waals surface area contributed by atoms with Gasteiger partial charge in [0.2, 0.25) is 0 Å². The third-order valence-electron chi connectivity index (χ3n) is 2.05. The van der Waals surface area contributed by atoms with Gasteiger partial charge in [-0.15, -0.1) is 0 Å². The second-order valence-electron chi connectivity index (χ2n) is 3.94. The molecule has 0 saturated carbocycles. The van der Waals surface area contributed by atoms with Gasteiger partial charge in [0.15, 0.2) is 0 Å². The van der Waals surface area contributed by atoms with Crippen LogP contribution in [0, 0.1) is 6.92 Å². The van der Waals surface area contributed by atoms with Crippen LogP contribution in [-0.4, -0.2) is 29.2 Å². The molecule has 0 bridgehead atoms. The molecule has 0 aromatic carbocycles. The van der Waals surface area contributed by atoms with Crippen LogP contribution >= 0.6 is 15.9 Å². The monoisotopic (exact) mass is 273 g/mol. The zero-order chi connectivity index (χ0) is 11.5. The van der Waals surface area contributed by atoms with E-state index in [0.717, 1.165) is 16.2 Å². The van der Waals surface area contributed by atoms with Crippen molar-refractivity contribution in [2.75, 3.05) is 19.0 Å². The normalized spacial score (nSPS) is 11.5. The number of rotatable bonds is 4. The van der Waals surface area contributed by atoms with Crippen molar-refractivity contribution in [1.82, 2.24) is 9.97 Å². The molecule has 1 aromatic rings. The fourth-order valence-corrected chi connectivity index (χ4v) is 1.47. The molecule has 1 aromatic heterocycles. The van der Waals surface area contributed by atoms with Crippen LogP contribution in [-0.2, 0) is 4.74 Å². The van der Waals surface area contributed by atoms with Crippen molar-refractivity contribution in [3.05, 3.63) is 16.5 Å². The molecule has 0 saturated heterocycles. The molecular formula is C10H16BrN3O. The highest BCUT2D eigenvalue weighted by Gasteiger charge is 2.15. The van der Waals surface area contributed by atoms with Crippen molar-refractivity contribution >= 4 is 21.7 Å². The minimum atomic E-state index is -0.203. The maximum Gasteiger partial charge on any atom is 0.130 e. The van der Waals surface area contributed by atoms with Gasteiger partial charge in [-0.3, -0.25) is 0 Å². The average molecular weight is 274 g/mol. The maximum absolute atomic E-state index is 5.30. The van der Waals surface area contributed by atoms with E-state index in [9.17, 15) is 0 Å². The molecule has 1 heterocycles. The summed E-state index contributed by atoms with van der Waals surface area (Å²) >= 11 is 3.33. The minimum Gasteiger partial charge on any atom is -0.377 e. The first kappa shape index (κ1) is 12.4. The molecule has 0 amide bonds. The number of hydrogen-bond acceptors (Lipinski definition) is 4. The SMILES string of the molecule is COC(C)(C)CNc1cc(Br)nc(C)n1. The molecule has 0 radical (unpaired) electrons. The van der Waals surface area contributed by atoms with Gasteiger partial charge in [-0.25, -0.2) is 9.97 Å². The van der Waals surface area contributed by atoms with Crippen LogP contribution in [0.4, 0.5) is 5.82 Å². The van der Waals surface area contributed by atoms with Crippen LogP contribution in [0.3, 0.4) is 0 Å². The molecule has 0 fully saturated rings. The fourth-order valence-electron chi connectivity index (χ4n) is 0.997. The predicted molar refractivity (Wildman–Crippen MR) is 64.0 cm³/mol. The number of aromatic nitrogens is 2. The molecule has 5 heteroatoms. The molecule has 4 nitrogen and oxygen atoms in total. The van der Waals surface area contributed by atoms with Crippen molar-refractivity contribution in [3.63, 3.8) is 0 Å². The number of nitrogens with zero attached hydrogens (tertiary/aromatic N) is 2. The summed E-state index contributed by atoms with van der Waals surface area (Å²) in [5.41, 5.74) is -0.203. The van der Waals surface area contributed by atoms with Gasteiger partial charge in [-0.1, -0.05) is 0 Å². The van der Waals surface area contributed by atoms with Crippen LogP contribution in [0.1, 0.15) is 19.7 Å². The second kappa shape index (κ2) is 4.90. The number of nitrogens with one attached hydrogen (secondary N) is 1. The highest BCUT2D eigenvalue weighted by atomic mass is 79.9. The number of hydrogen-bond donors (Lipinski definition) is 1. The molecule has 0 aliphatic rings. The van der Waals surface area contributed by atoms with Gasteiger partial charge in [0.25, 0.3) is 0 Å². The highest BCUT2D eigenvalue weighted by Crippen LogP contribution is 2.14. The van der Waals surface area contributed by atoms with Crippen LogP contribution < -0.4 is 5.32 Å². The molecule has 0 spiro atoms. The summed E-state index contributed by atoms with van der Waals surface area (Å²) in [7, 11) is 1.70. The Morgan fingerprint density at radius 3 is 2.67 bits per heavy atom. The summed E-state index contributed by atoms with van der Waals surface area (Å²) in [6, 6.07) is 1.85. The van der Waals surface area contributed by atoms with Gasteiger partial charge in [0.05, 0.1) is 5.60 Å². The van der Waals surface area contributed by atoms with E-state index in [-0.39, 0.29) is 5.60 Å². The summed E-state index contributed by atoms with van der Waals surface area (Å²) in [6.45, 7) is 6.59. The van der Waals surface area contributed by atoms with Crippen molar-refractivity contribution < 1.29 is 4.74 Å². The Morgan fingerprint density at radius 1 is 1.47 bits per heavy atom. The smallest absolute Gasteiger partial charge is 0.130 e. The zero-order valence-corrected chi connectivity index (χ0v) is 11.1. The summed E-state index contributed by atoms with van der Waals surface area (Å²) < 4.78 is 6.09. The summed E-state index contributed by atoms with van der Waals surface area (Å²) in [4.78, 5) is 8.40. The van der Waals surface area contributed by atoms with Crippen molar-refractivity contribution in [1.29, 1.82) is 0 Å². The predicted octanol–water partition coefficient (Wildman–Crippen LogP) is 2.38. The van der Waals surface area contributed by atoms with E-state index in [0.29, 0.717) is 6.54 Å². The summed E-state index contributed by atoms with van der Waals surface area (Å²) in [5.74, 6) is 1.54. The lowest BCUT2D eigenvalue weighted by Gasteiger charge is -2.23. The molecule has 0 aliphatic carbocycles. The lowest BCUT2D eigenvalue weighted by atomic mass is 10.1. The molecule has 15 heavy (non-hydrogen) atoms. The Morgan fingerprint density at radius 2 is 2.13 bits per heavy atom. The summed E-state index contributed by atoms with van der Waals surface area (Å²) in [5, 5.41) is 3.21. The number of aryl methyl sites for hydroxylation is 1. The number of methoxy groups -OCH3 is 1. The average Bonchev–Trinajstić information content (AvgIpc) is 2.14. The second-order valence-corrected chi connectivity index (χ2v) is 4.75. The topological polar surface area (TPSA) is 47.0 Å². The molecule has 84 valence electrons. The molecule has 0 unspecified atom stereocenters. The number of ether oxygens (including phenoxy) is 1. The van der Waals surface area contributed by atoms with E-state index in [4.69, 9.17) is 4.74 Å². The highest BCUT2D eigenvalue weighted by molar-refractivity contribution is 9.10. The zero-order valence-electron chi connectivity index (χ0n) is 9.47. The standard InChI is InChI=1S/C10H16BrN3O/c1-7-13-8(11)5-9(14-7)12-6-10(2,3)15-4/h5H,6H2,1-4H3,(H,12,13,14). The van der Waals surface area contributed by atoms with Gasteiger partial charge in [0, 0.05) is 19.7 Å². The first-order valence-corrected chi connectivity index (χ1v) is 5.52. The van der Waals surface area contributed by atoms with Crippen molar-refractivity contribution in [2.45, 2.75) is 26.4 Å². The van der Waals surface area contributed by atoms with Gasteiger partial charge < -0.3 is 10.1 Å². The summed E-state index contributed by atoms with van der Waals surface area (Å²) in [6.07, 6.45) is 0. The van der Waals surface area contributed by atoms with Gasteiger partial charge in [-0.2, -0.15) is 0 Å². The van der Waals surface area contributed by atoms with Gasteiger partial charge >= 0.3 is 0 Å². The van der Waals surface area contributed by atoms with E-state index < -0.39 is 0 Å². The Balaban J connectivity index is 2.65. The van der Waals surface area contributed by atoms with E-state index in [1.54, 1.807) is 7.11 Å². The van der Waals surface area contributed by atoms with Crippen LogP contribution in [0.15, 0.2) is 10.7 Å².